The SMILES string of the molecule is CN(C)c1ccc(CNC(=O)C2c3ccccc3C(=O)N2Cc2ccc(Oc3ccccc3)cc2)cc1. The third kappa shape index (κ3) is 5.33. The number of para-hydroxylation sites is 1. The lowest BCUT2D eigenvalue weighted by atomic mass is 10.0. The number of hydrogen-bond acceptors (Lipinski definition) is 4. The molecule has 1 aliphatic rings. The molecule has 4 aromatic rings. The quantitative estimate of drug-likeness (QED) is 0.351. The highest BCUT2D eigenvalue weighted by Crippen LogP contribution is 2.35. The fraction of sp³-hybridized carbons (Fsp3) is 0.161. The topological polar surface area (TPSA) is 61.9 Å². The van der Waals surface area contributed by atoms with Crippen LogP contribution < -0.4 is 15.0 Å². The Morgan fingerprint density at radius 1 is 0.811 bits per heavy atom. The highest BCUT2D eigenvalue weighted by Gasteiger charge is 2.40. The zero-order valence-electron chi connectivity index (χ0n) is 20.9. The molecule has 0 bridgehead atoms. The maximum atomic E-state index is 13.4. The molecule has 0 fully saturated rings. The molecular weight excluding hydrogens is 462 g/mol. The maximum absolute atomic E-state index is 13.4. The predicted octanol–water partition coefficient (Wildman–Crippen LogP) is 5.56. The lowest BCUT2D eigenvalue weighted by Crippen LogP contribution is -2.38. The molecule has 0 aliphatic carbocycles. The summed E-state index contributed by atoms with van der Waals surface area (Å²) in [6.07, 6.45) is 0. The van der Waals surface area contributed by atoms with Crippen molar-refractivity contribution < 1.29 is 14.3 Å². The zero-order valence-corrected chi connectivity index (χ0v) is 20.9. The first kappa shape index (κ1) is 24.1. The summed E-state index contributed by atoms with van der Waals surface area (Å²) < 4.78 is 5.88. The summed E-state index contributed by atoms with van der Waals surface area (Å²) in [6, 6.07) is 31.9. The standard InChI is InChI=1S/C31H29N3O3/c1-33(2)24-16-12-22(13-17-24)20-32-30(35)29-27-10-6-7-11-28(27)31(36)34(29)21-23-14-18-26(19-15-23)37-25-8-4-3-5-9-25/h3-19,29H,20-21H2,1-2H3,(H,32,35). The molecule has 0 saturated heterocycles. The van der Waals surface area contributed by atoms with Crippen LogP contribution in [0.15, 0.2) is 103 Å². The van der Waals surface area contributed by atoms with E-state index in [1.165, 1.54) is 0 Å². The molecule has 5 rings (SSSR count). The summed E-state index contributed by atoms with van der Waals surface area (Å²) in [4.78, 5) is 30.4. The van der Waals surface area contributed by atoms with Gasteiger partial charge in [0.2, 0.25) is 5.91 Å². The molecule has 6 nitrogen and oxygen atoms in total. The molecule has 1 heterocycles. The summed E-state index contributed by atoms with van der Waals surface area (Å²) in [7, 11) is 3.98. The van der Waals surface area contributed by atoms with Crippen molar-refractivity contribution in [3.63, 3.8) is 0 Å². The molecule has 0 saturated carbocycles. The Morgan fingerprint density at radius 3 is 2.14 bits per heavy atom. The second kappa shape index (κ2) is 10.6. The number of benzene rings is 4. The van der Waals surface area contributed by atoms with Gasteiger partial charge in [0.1, 0.15) is 17.5 Å². The van der Waals surface area contributed by atoms with Gasteiger partial charge in [-0.05, 0) is 59.2 Å². The summed E-state index contributed by atoms with van der Waals surface area (Å²) >= 11 is 0. The fourth-order valence-corrected chi connectivity index (χ4v) is 4.50. The van der Waals surface area contributed by atoms with Crippen LogP contribution in [-0.2, 0) is 17.9 Å². The number of ether oxygens (including phenoxy) is 1. The van der Waals surface area contributed by atoms with Crippen LogP contribution in [0.4, 0.5) is 5.69 Å². The van der Waals surface area contributed by atoms with Crippen LogP contribution in [0, 0.1) is 0 Å². The van der Waals surface area contributed by atoms with Crippen molar-refractivity contribution in [2.24, 2.45) is 0 Å². The minimum absolute atomic E-state index is 0.143. The zero-order chi connectivity index (χ0) is 25.8. The van der Waals surface area contributed by atoms with Crippen molar-refractivity contribution in [1.29, 1.82) is 0 Å². The van der Waals surface area contributed by atoms with E-state index in [0.717, 1.165) is 28.1 Å². The largest absolute Gasteiger partial charge is 0.457 e. The molecule has 186 valence electrons. The molecular formula is C31H29N3O3. The Morgan fingerprint density at radius 2 is 1.43 bits per heavy atom. The molecule has 1 unspecified atom stereocenters. The second-order valence-corrected chi connectivity index (χ2v) is 9.26. The van der Waals surface area contributed by atoms with Gasteiger partial charge in [-0.25, -0.2) is 0 Å². The van der Waals surface area contributed by atoms with Crippen molar-refractivity contribution in [1.82, 2.24) is 10.2 Å². The fourth-order valence-electron chi connectivity index (χ4n) is 4.50. The lowest BCUT2D eigenvalue weighted by molar-refractivity contribution is -0.125. The Hall–Kier alpha value is -4.58. The number of anilines is 1. The normalized spacial score (nSPS) is 14.3. The van der Waals surface area contributed by atoms with Crippen LogP contribution in [0.1, 0.15) is 33.1 Å². The molecule has 4 aromatic carbocycles. The Kier molecular flexibility index (Phi) is 6.90. The third-order valence-electron chi connectivity index (χ3n) is 6.48. The predicted molar refractivity (Wildman–Crippen MR) is 145 cm³/mol. The van der Waals surface area contributed by atoms with E-state index in [-0.39, 0.29) is 11.8 Å². The molecule has 0 radical (unpaired) electrons. The minimum atomic E-state index is -0.690. The van der Waals surface area contributed by atoms with Crippen LogP contribution in [0.2, 0.25) is 0 Å². The minimum Gasteiger partial charge on any atom is -0.457 e. The molecule has 0 aromatic heterocycles. The average molecular weight is 492 g/mol. The number of nitrogens with one attached hydrogen (secondary N) is 1. The molecule has 6 heteroatoms. The molecule has 1 atom stereocenters. The van der Waals surface area contributed by atoms with Gasteiger partial charge in [-0.15, -0.1) is 0 Å². The van der Waals surface area contributed by atoms with Gasteiger partial charge in [0.25, 0.3) is 5.91 Å². The summed E-state index contributed by atoms with van der Waals surface area (Å²) in [5.41, 5.74) is 4.31. The van der Waals surface area contributed by atoms with Crippen LogP contribution >= 0.6 is 0 Å². The van der Waals surface area contributed by atoms with E-state index in [9.17, 15) is 9.59 Å². The number of carbonyl (C=O) groups is 2. The second-order valence-electron chi connectivity index (χ2n) is 9.26. The smallest absolute Gasteiger partial charge is 0.255 e. The number of amides is 2. The Bertz CT molecular complexity index is 1380. The highest BCUT2D eigenvalue weighted by molar-refractivity contribution is 6.04. The van der Waals surface area contributed by atoms with Gasteiger partial charge in [-0.2, -0.15) is 0 Å². The first-order valence-corrected chi connectivity index (χ1v) is 12.3. The van der Waals surface area contributed by atoms with Crippen molar-refractivity contribution >= 4 is 17.5 Å². The number of rotatable bonds is 8. The van der Waals surface area contributed by atoms with Crippen molar-refractivity contribution in [3.8, 4) is 11.5 Å². The van der Waals surface area contributed by atoms with Crippen LogP contribution in [0.5, 0.6) is 11.5 Å². The number of nitrogens with zero attached hydrogens (tertiary/aromatic N) is 2. The van der Waals surface area contributed by atoms with E-state index < -0.39 is 6.04 Å². The van der Waals surface area contributed by atoms with Crippen LogP contribution in [-0.4, -0.2) is 30.8 Å². The Labute approximate surface area is 217 Å². The van der Waals surface area contributed by atoms with Crippen LogP contribution in [0.25, 0.3) is 0 Å². The van der Waals surface area contributed by atoms with E-state index in [2.05, 4.69) is 5.32 Å². The van der Waals surface area contributed by atoms with Crippen molar-refractivity contribution in [2.45, 2.75) is 19.1 Å². The molecule has 1 N–H and O–H groups in total. The third-order valence-corrected chi connectivity index (χ3v) is 6.48. The highest BCUT2D eigenvalue weighted by atomic mass is 16.5. The van der Waals surface area contributed by atoms with Gasteiger partial charge >= 0.3 is 0 Å². The van der Waals surface area contributed by atoms with E-state index in [1.807, 2.05) is 116 Å². The average Bonchev–Trinajstić information content (AvgIpc) is 3.20. The van der Waals surface area contributed by atoms with E-state index in [0.29, 0.717) is 24.4 Å². The molecule has 2 amide bonds. The van der Waals surface area contributed by atoms with Gasteiger partial charge in [-0.1, -0.05) is 60.7 Å². The van der Waals surface area contributed by atoms with Gasteiger partial charge in [-0.3, -0.25) is 9.59 Å². The number of hydrogen-bond donors (Lipinski definition) is 1. The van der Waals surface area contributed by atoms with Gasteiger partial charge in [0, 0.05) is 38.4 Å². The molecule has 37 heavy (non-hydrogen) atoms. The van der Waals surface area contributed by atoms with Gasteiger partial charge in [0.15, 0.2) is 0 Å². The molecule has 1 aliphatic heterocycles. The van der Waals surface area contributed by atoms with E-state index in [4.69, 9.17) is 4.74 Å². The van der Waals surface area contributed by atoms with E-state index in [1.54, 1.807) is 11.0 Å². The molecule has 0 spiro atoms. The van der Waals surface area contributed by atoms with Crippen LogP contribution in [0.3, 0.4) is 0 Å². The number of carbonyl (C=O) groups excluding carboxylic acids is 2. The first-order valence-electron chi connectivity index (χ1n) is 12.3. The van der Waals surface area contributed by atoms with Crippen molar-refractivity contribution in [2.75, 3.05) is 19.0 Å². The summed E-state index contributed by atoms with van der Waals surface area (Å²) in [5, 5.41) is 3.04. The Balaban J connectivity index is 1.31. The lowest BCUT2D eigenvalue weighted by Gasteiger charge is -2.25. The monoisotopic (exact) mass is 491 g/mol. The maximum Gasteiger partial charge on any atom is 0.255 e. The first-order chi connectivity index (χ1) is 18.0. The van der Waals surface area contributed by atoms with Gasteiger partial charge in [0.05, 0.1) is 0 Å². The number of fused-ring (bicyclic) bond motifs is 1. The summed E-state index contributed by atoms with van der Waals surface area (Å²) in [5.74, 6) is 1.13. The summed E-state index contributed by atoms with van der Waals surface area (Å²) in [6.45, 7) is 0.702. The van der Waals surface area contributed by atoms with E-state index >= 15 is 0 Å². The van der Waals surface area contributed by atoms with Crippen molar-refractivity contribution in [3.05, 3.63) is 125 Å². The van der Waals surface area contributed by atoms with Gasteiger partial charge < -0.3 is 19.9 Å².